The third-order valence-electron chi connectivity index (χ3n) is 9.24. The molecule has 0 spiro atoms. The Bertz CT molecular complexity index is 1870. The van der Waals surface area contributed by atoms with Gasteiger partial charge in [-0.2, -0.15) is 0 Å². The lowest BCUT2D eigenvalue weighted by Crippen LogP contribution is -2.47. The van der Waals surface area contributed by atoms with Crippen molar-refractivity contribution < 1.29 is 23.9 Å². The number of methoxy groups -OCH3 is 1. The number of hydrogen-bond donors (Lipinski definition) is 3. The van der Waals surface area contributed by atoms with E-state index in [0.717, 1.165) is 63.1 Å². The maximum atomic E-state index is 13.8. The third-order valence-corrected chi connectivity index (χ3v) is 9.24. The molecule has 1 aliphatic heterocycles. The lowest BCUT2D eigenvalue weighted by molar-refractivity contribution is -0.132. The van der Waals surface area contributed by atoms with E-state index >= 15 is 0 Å². The van der Waals surface area contributed by atoms with Crippen molar-refractivity contribution in [3.8, 4) is 11.5 Å². The summed E-state index contributed by atoms with van der Waals surface area (Å²) >= 11 is 0. The molecule has 4 aromatic rings. The molecule has 0 radical (unpaired) electrons. The van der Waals surface area contributed by atoms with Gasteiger partial charge in [-0.15, -0.1) is 37.2 Å². The molecular weight excluding hydrogens is 767 g/mol. The largest absolute Gasteiger partial charge is 0.495 e. The van der Waals surface area contributed by atoms with Gasteiger partial charge in [-0.05, 0) is 95.4 Å². The van der Waals surface area contributed by atoms with Crippen molar-refractivity contribution >= 4 is 83.3 Å². The predicted molar refractivity (Wildman–Crippen MR) is 228 cm³/mol. The maximum Gasteiger partial charge on any atom is 0.258 e. The number of amides is 3. The number of aryl methyl sites for hydroxylation is 1. The summed E-state index contributed by atoms with van der Waals surface area (Å²) in [7, 11) is 9.29. The minimum absolute atomic E-state index is 0. The number of carbonyl (C=O) groups is 3. The smallest absolute Gasteiger partial charge is 0.258 e. The number of aromatic amines is 1. The number of fused-ring (bicyclic) bond motifs is 1. The number of piperazine rings is 1. The van der Waals surface area contributed by atoms with Crippen LogP contribution >= 0.6 is 37.2 Å². The fraction of sp³-hybridized carbons (Fsp3) is 0.436. The zero-order valence-corrected chi connectivity index (χ0v) is 34.9. The Balaban J connectivity index is 0.00000348. The molecule has 1 fully saturated rings. The SMILES string of the molecule is COc1cc(C(=O)N(C)c2ccc(C)cc2OCCCCCC(=O)N2CCN(C)CC2)ccc1NC(=O)c1cccc2[nH]c(NCCN(C)C)nc12.Cl.Cl.Cl. The number of likely N-dealkylation sites (N-methyl/N-ethyl adjacent to an activating group) is 2. The van der Waals surface area contributed by atoms with Crippen LogP contribution in [0.25, 0.3) is 11.0 Å². The molecular formula is C39H55Cl3N8O5. The highest BCUT2D eigenvalue weighted by molar-refractivity contribution is 6.13. The van der Waals surface area contributed by atoms with E-state index < -0.39 is 0 Å². The number of rotatable bonds is 16. The molecule has 1 aliphatic rings. The number of carbonyl (C=O) groups excluding carboxylic acids is 3. The number of ether oxygens (including phenoxy) is 2. The molecule has 0 saturated carbocycles. The van der Waals surface area contributed by atoms with E-state index in [1.807, 2.05) is 50.2 Å². The summed E-state index contributed by atoms with van der Waals surface area (Å²) in [6.45, 7) is 7.44. The minimum Gasteiger partial charge on any atom is -0.495 e. The summed E-state index contributed by atoms with van der Waals surface area (Å²) in [4.78, 5) is 55.5. The summed E-state index contributed by atoms with van der Waals surface area (Å²) in [5, 5.41) is 6.19. The number of nitrogens with zero attached hydrogens (tertiary/aromatic N) is 5. The van der Waals surface area contributed by atoms with Gasteiger partial charge in [0.1, 0.15) is 17.0 Å². The van der Waals surface area contributed by atoms with Crippen LogP contribution in [0, 0.1) is 6.92 Å². The second kappa shape index (κ2) is 22.3. The number of H-pyrrole nitrogens is 1. The number of imidazole rings is 1. The lowest BCUT2D eigenvalue weighted by atomic mass is 10.1. The molecule has 0 bridgehead atoms. The monoisotopic (exact) mass is 820 g/mol. The third kappa shape index (κ3) is 12.6. The van der Waals surface area contributed by atoms with E-state index in [9.17, 15) is 14.4 Å². The molecule has 1 saturated heterocycles. The quantitative estimate of drug-likeness (QED) is 0.110. The second-order valence-corrected chi connectivity index (χ2v) is 13.6. The van der Waals surface area contributed by atoms with Crippen LogP contribution in [0.3, 0.4) is 0 Å². The highest BCUT2D eigenvalue weighted by atomic mass is 35.5. The molecule has 3 aromatic carbocycles. The molecule has 1 aromatic heterocycles. The molecule has 302 valence electrons. The van der Waals surface area contributed by atoms with Crippen molar-refractivity contribution in [2.75, 3.05) is 96.7 Å². The summed E-state index contributed by atoms with van der Waals surface area (Å²) in [5.74, 6) is 1.17. The maximum absolute atomic E-state index is 13.8. The fourth-order valence-electron chi connectivity index (χ4n) is 6.08. The van der Waals surface area contributed by atoms with Crippen molar-refractivity contribution in [3.63, 3.8) is 0 Å². The summed E-state index contributed by atoms with van der Waals surface area (Å²) < 4.78 is 11.8. The second-order valence-electron chi connectivity index (χ2n) is 13.6. The van der Waals surface area contributed by atoms with Gasteiger partial charge in [-0.1, -0.05) is 12.1 Å². The van der Waals surface area contributed by atoms with Crippen LogP contribution in [0.4, 0.5) is 17.3 Å². The number of anilines is 3. The number of benzene rings is 3. The molecule has 5 rings (SSSR count). The van der Waals surface area contributed by atoms with E-state index in [1.54, 1.807) is 42.3 Å². The topological polar surface area (TPSA) is 135 Å². The first-order valence-electron chi connectivity index (χ1n) is 17.9. The van der Waals surface area contributed by atoms with Crippen LogP contribution in [0.1, 0.15) is 52.0 Å². The van der Waals surface area contributed by atoms with Crippen molar-refractivity contribution in [1.29, 1.82) is 0 Å². The molecule has 16 heteroatoms. The molecule has 3 amide bonds. The zero-order valence-electron chi connectivity index (χ0n) is 32.5. The van der Waals surface area contributed by atoms with Gasteiger partial charge in [0.2, 0.25) is 11.9 Å². The van der Waals surface area contributed by atoms with Crippen LogP contribution in [-0.4, -0.2) is 124 Å². The summed E-state index contributed by atoms with van der Waals surface area (Å²) in [5.41, 5.74) is 4.16. The van der Waals surface area contributed by atoms with Crippen molar-refractivity contribution in [2.45, 2.75) is 32.6 Å². The lowest BCUT2D eigenvalue weighted by Gasteiger charge is -2.32. The normalized spacial score (nSPS) is 12.6. The van der Waals surface area contributed by atoms with E-state index in [1.165, 1.54) is 7.11 Å². The van der Waals surface area contributed by atoms with Gasteiger partial charge in [0.15, 0.2) is 0 Å². The van der Waals surface area contributed by atoms with Gasteiger partial charge in [0.05, 0.1) is 36.2 Å². The average molecular weight is 822 g/mol. The molecule has 3 N–H and O–H groups in total. The zero-order chi connectivity index (χ0) is 37.2. The van der Waals surface area contributed by atoms with Gasteiger partial charge >= 0.3 is 0 Å². The van der Waals surface area contributed by atoms with E-state index in [4.69, 9.17) is 9.47 Å². The first-order chi connectivity index (χ1) is 25.0. The van der Waals surface area contributed by atoms with Crippen LogP contribution in [-0.2, 0) is 4.79 Å². The standard InChI is InChI=1S/C39H52N8O5.3ClH/c1-27-14-17-32(34(25-27)52-24-9-7-8-13-35(48)47-22-20-45(4)21-23-47)46(5)38(50)28-15-16-30(33(26-28)51-6)41-37(49)29-11-10-12-31-36(29)43-39(42-31)40-18-19-44(2)3;;;/h10-12,14-17,25-26H,7-9,13,18-24H2,1-6H3,(H,41,49)(H2,40,42,43);3*1H. The number of unbranched alkanes of at least 4 members (excludes halogenated alkanes) is 2. The van der Waals surface area contributed by atoms with Crippen LogP contribution < -0.4 is 25.0 Å². The molecule has 2 heterocycles. The Kier molecular flexibility index (Phi) is 19.0. The van der Waals surface area contributed by atoms with Gasteiger partial charge in [0.25, 0.3) is 11.8 Å². The minimum atomic E-state index is -0.352. The Morgan fingerprint density at radius 1 is 0.909 bits per heavy atom. The van der Waals surface area contributed by atoms with Crippen molar-refractivity contribution in [1.82, 2.24) is 24.7 Å². The van der Waals surface area contributed by atoms with Gasteiger partial charge in [-0.3, -0.25) is 14.4 Å². The highest BCUT2D eigenvalue weighted by Gasteiger charge is 2.22. The molecule has 55 heavy (non-hydrogen) atoms. The average Bonchev–Trinajstić information content (AvgIpc) is 3.55. The van der Waals surface area contributed by atoms with E-state index in [-0.39, 0.29) is 54.9 Å². The first kappa shape index (κ1) is 46.9. The number of halogens is 3. The Morgan fingerprint density at radius 2 is 1.65 bits per heavy atom. The Hall–Kier alpha value is -4.27. The summed E-state index contributed by atoms with van der Waals surface area (Å²) in [6.07, 6.45) is 3.05. The van der Waals surface area contributed by atoms with Gasteiger partial charge < -0.3 is 44.7 Å². The van der Waals surface area contributed by atoms with Gasteiger partial charge in [0, 0.05) is 58.3 Å². The number of aromatic nitrogens is 2. The Morgan fingerprint density at radius 3 is 2.36 bits per heavy atom. The number of hydrogen-bond acceptors (Lipinski definition) is 9. The van der Waals surface area contributed by atoms with E-state index in [0.29, 0.717) is 65.0 Å². The Labute approximate surface area is 342 Å². The predicted octanol–water partition coefficient (Wildman–Crippen LogP) is 6.36. The number of nitrogens with one attached hydrogen (secondary N) is 3. The van der Waals surface area contributed by atoms with Crippen LogP contribution in [0.2, 0.25) is 0 Å². The highest BCUT2D eigenvalue weighted by Crippen LogP contribution is 2.32. The van der Waals surface area contributed by atoms with Crippen molar-refractivity contribution in [3.05, 3.63) is 71.3 Å². The molecule has 0 aliphatic carbocycles. The van der Waals surface area contributed by atoms with E-state index in [2.05, 4.69) is 37.4 Å². The first-order valence-corrected chi connectivity index (χ1v) is 17.9. The van der Waals surface area contributed by atoms with Crippen molar-refractivity contribution in [2.24, 2.45) is 0 Å². The van der Waals surface area contributed by atoms with Gasteiger partial charge in [-0.25, -0.2) is 4.98 Å². The summed E-state index contributed by atoms with van der Waals surface area (Å²) in [6, 6.07) is 16.1. The fourth-order valence-corrected chi connectivity index (χ4v) is 6.08. The van der Waals surface area contributed by atoms with Crippen LogP contribution in [0.5, 0.6) is 11.5 Å². The molecule has 13 nitrogen and oxygen atoms in total. The molecule has 0 atom stereocenters. The molecule has 0 unspecified atom stereocenters. The van der Waals surface area contributed by atoms with Crippen LogP contribution in [0.15, 0.2) is 54.6 Å². The number of para-hydroxylation sites is 1.